The molecule has 0 radical (unpaired) electrons. The van der Waals surface area contributed by atoms with Crippen LogP contribution in [-0.2, 0) is 4.52 Å². The first-order chi connectivity index (χ1) is 8.04. The van der Waals surface area contributed by atoms with E-state index in [1.807, 2.05) is 55.9 Å². The molecule has 0 aliphatic carbocycles. The molecule has 0 N–H and O–H groups in total. The second kappa shape index (κ2) is 5.03. The number of rotatable bonds is 2. The molecule has 0 saturated carbocycles. The van der Waals surface area contributed by atoms with Crippen LogP contribution in [0.5, 0.6) is 0 Å². The van der Waals surface area contributed by atoms with Gasteiger partial charge in [-0.15, -0.1) is 0 Å². The van der Waals surface area contributed by atoms with Gasteiger partial charge < -0.3 is 4.89 Å². The minimum atomic E-state index is -2.74. The molecule has 3 nitrogen and oxygen atoms in total. The van der Waals surface area contributed by atoms with Crippen LogP contribution in [0.1, 0.15) is 31.5 Å². The van der Waals surface area contributed by atoms with Gasteiger partial charge in [0, 0.05) is 13.6 Å². The van der Waals surface area contributed by atoms with Crippen LogP contribution >= 0.6 is 7.87 Å². The van der Waals surface area contributed by atoms with Gasteiger partial charge in [0.15, 0.2) is 7.87 Å². The van der Waals surface area contributed by atoms with E-state index in [1.165, 1.54) is 0 Å². The van der Waals surface area contributed by atoms with Crippen LogP contribution in [0.2, 0.25) is 0 Å². The van der Waals surface area contributed by atoms with Gasteiger partial charge in [-0.2, -0.15) is 4.67 Å². The van der Waals surface area contributed by atoms with Crippen molar-refractivity contribution in [2.24, 2.45) is 0 Å². The molecule has 1 unspecified atom stereocenters. The van der Waals surface area contributed by atoms with Gasteiger partial charge in [-0.05, 0) is 25.8 Å². The first-order valence-corrected chi connectivity index (χ1v) is 7.73. The quantitative estimate of drug-likeness (QED) is 0.760. The summed E-state index contributed by atoms with van der Waals surface area (Å²) >= 11 is 0. The van der Waals surface area contributed by atoms with Crippen molar-refractivity contribution in [2.45, 2.75) is 32.0 Å². The summed E-state index contributed by atoms with van der Waals surface area (Å²) in [5.41, 5.74) is 1.01. The van der Waals surface area contributed by atoms with E-state index in [0.717, 1.165) is 18.5 Å². The predicted octanol–water partition coefficient (Wildman–Crippen LogP) is 2.61. The molecule has 0 bridgehead atoms. The van der Waals surface area contributed by atoms with Gasteiger partial charge in [0.05, 0.1) is 0 Å². The molecule has 1 aliphatic rings. The molecule has 1 saturated heterocycles. The lowest BCUT2D eigenvalue weighted by Gasteiger charge is -2.45. The fourth-order valence-electron chi connectivity index (χ4n) is 2.21. The second-order valence-electron chi connectivity index (χ2n) is 4.74. The Morgan fingerprint density at radius 2 is 2.06 bits per heavy atom. The summed E-state index contributed by atoms with van der Waals surface area (Å²) < 4.78 is 7.68. The van der Waals surface area contributed by atoms with Gasteiger partial charge in [0.1, 0.15) is 11.8 Å². The number of hydrogen-bond acceptors (Lipinski definition) is 3. The average Bonchev–Trinajstić information content (AvgIpc) is 2.34. The van der Waals surface area contributed by atoms with E-state index in [4.69, 9.17) is 4.52 Å². The maximum atomic E-state index is 13.0. The molecule has 0 amide bonds. The third kappa shape index (κ3) is 2.53. The second-order valence-corrected chi connectivity index (χ2v) is 7.53. The van der Waals surface area contributed by atoms with Crippen LogP contribution in [0.25, 0.3) is 0 Å². The highest BCUT2D eigenvalue weighted by atomic mass is 31.2. The highest BCUT2D eigenvalue weighted by Crippen LogP contribution is 2.67. The van der Waals surface area contributed by atoms with E-state index in [2.05, 4.69) is 0 Å². The van der Waals surface area contributed by atoms with E-state index in [-0.39, 0.29) is 11.8 Å². The molecular weight excluding hydrogens is 233 g/mol. The summed E-state index contributed by atoms with van der Waals surface area (Å²) in [7, 11) is -0.845. The lowest BCUT2D eigenvalue weighted by Crippen LogP contribution is -2.40. The lowest BCUT2D eigenvalue weighted by atomic mass is 10.2. The van der Waals surface area contributed by atoms with Crippen molar-refractivity contribution in [3.8, 4) is 0 Å². The smallest absolute Gasteiger partial charge is 0.180 e. The third-order valence-electron chi connectivity index (χ3n) is 3.44. The van der Waals surface area contributed by atoms with Gasteiger partial charge in [0.2, 0.25) is 0 Å². The monoisotopic (exact) mass is 253 g/mol. The Bertz CT molecular complexity index is 373. The summed E-state index contributed by atoms with van der Waals surface area (Å²) in [6, 6.07) is 9.96. The van der Waals surface area contributed by atoms with E-state index in [1.54, 1.807) is 0 Å². The molecule has 1 aliphatic heterocycles. The Kier molecular flexibility index (Phi) is 3.84. The molecule has 1 fully saturated rings. The first kappa shape index (κ1) is 13.0. The van der Waals surface area contributed by atoms with Gasteiger partial charge in [0.25, 0.3) is 0 Å². The summed E-state index contributed by atoms with van der Waals surface area (Å²) in [6.07, 6.45) is 1.03. The van der Waals surface area contributed by atoms with Crippen molar-refractivity contribution in [2.75, 3.05) is 13.6 Å². The number of nitrogens with zero attached hydrogens (tertiary/aromatic N) is 1. The molecule has 17 heavy (non-hydrogen) atoms. The molecule has 4 heteroatoms. The summed E-state index contributed by atoms with van der Waals surface area (Å²) in [5.74, 6) is 0. The molecule has 2 rings (SSSR count). The Labute approximate surface area is 104 Å². The molecule has 1 aromatic carbocycles. The molecule has 3 atom stereocenters. The van der Waals surface area contributed by atoms with Crippen molar-refractivity contribution < 1.29 is 9.42 Å². The number of benzene rings is 1. The summed E-state index contributed by atoms with van der Waals surface area (Å²) in [6.45, 7) is 4.83. The maximum Gasteiger partial charge on any atom is 0.180 e. The zero-order valence-electron chi connectivity index (χ0n) is 10.7. The zero-order chi connectivity index (χ0) is 12.5. The average molecular weight is 253 g/mol. The summed E-state index contributed by atoms with van der Waals surface area (Å²) in [4.78, 5) is 13.0. The number of hydrogen-bond donors (Lipinski definition) is 0. The van der Waals surface area contributed by atoms with Crippen molar-refractivity contribution in [3.05, 3.63) is 35.9 Å². The van der Waals surface area contributed by atoms with E-state index < -0.39 is 7.87 Å². The molecular formula is C13H20NO2P. The minimum absolute atomic E-state index is 0.0727. The zero-order valence-corrected chi connectivity index (χ0v) is 11.6. The molecule has 0 aromatic heterocycles. The Hall–Kier alpha value is -0.470. The Morgan fingerprint density at radius 3 is 2.71 bits per heavy atom. The predicted molar refractivity (Wildman–Crippen MR) is 69.6 cm³/mol. The largest absolute Gasteiger partial charge is 0.641 e. The molecule has 1 heterocycles. The standard InChI is InChI=1S/C13H20NO2P/c1-11-9-10-14(3)17(15,16-11)12(2)13-7-5-4-6-8-13/h4-8,11-12H,9-10H2,1-3H3/t11-,12-,17?/m1/s1. The maximum absolute atomic E-state index is 13.0. The molecule has 94 valence electrons. The van der Waals surface area contributed by atoms with Crippen LogP contribution in [0.3, 0.4) is 0 Å². The van der Waals surface area contributed by atoms with Crippen molar-refractivity contribution >= 4 is 7.87 Å². The normalized spacial score (nSPS) is 32.4. The van der Waals surface area contributed by atoms with E-state index in [9.17, 15) is 4.89 Å². The Morgan fingerprint density at radius 1 is 1.41 bits per heavy atom. The fourth-order valence-corrected chi connectivity index (χ4v) is 4.71. The van der Waals surface area contributed by atoms with Gasteiger partial charge >= 0.3 is 0 Å². The van der Waals surface area contributed by atoms with Crippen LogP contribution in [0.4, 0.5) is 0 Å². The van der Waals surface area contributed by atoms with Crippen molar-refractivity contribution in [3.63, 3.8) is 0 Å². The third-order valence-corrected chi connectivity index (χ3v) is 6.53. The van der Waals surface area contributed by atoms with Crippen molar-refractivity contribution in [1.82, 2.24) is 4.67 Å². The van der Waals surface area contributed by atoms with Gasteiger partial charge in [-0.1, -0.05) is 30.3 Å². The fraction of sp³-hybridized carbons (Fsp3) is 0.538. The minimum Gasteiger partial charge on any atom is -0.641 e. The van der Waals surface area contributed by atoms with E-state index >= 15 is 0 Å². The topological polar surface area (TPSA) is 35.5 Å². The molecule has 0 spiro atoms. The first-order valence-electron chi connectivity index (χ1n) is 6.08. The lowest BCUT2D eigenvalue weighted by molar-refractivity contribution is -0.217. The highest BCUT2D eigenvalue weighted by Gasteiger charge is 2.45. The SMILES string of the molecule is C[C@@H]1CCN(C)[P+]([O-])([C@H](C)c2ccccc2)O1. The van der Waals surface area contributed by atoms with Gasteiger partial charge in [-0.25, -0.2) is 4.52 Å². The van der Waals surface area contributed by atoms with Crippen LogP contribution in [0, 0.1) is 0 Å². The van der Waals surface area contributed by atoms with E-state index in [0.29, 0.717) is 0 Å². The van der Waals surface area contributed by atoms with Crippen molar-refractivity contribution in [1.29, 1.82) is 0 Å². The highest BCUT2D eigenvalue weighted by molar-refractivity contribution is 7.62. The van der Waals surface area contributed by atoms with Crippen LogP contribution < -0.4 is 4.89 Å². The van der Waals surface area contributed by atoms with Crippen LogP contribution in [0.15, 0.2) is 30.3 Å². The van der Waals surface area contributed by atoms with Crippen LogP contribution in [-0.4, -0.2) is 24.4 Å². The Balaban J connectivity index is 2.24. The van der Waals surface area contributed by atoms with Gasteiger partial charge in [-0.3, -0.25) is 0 Å². The molecule has 1 aromatic rings. The summed E-state index contributed by atoms with van der Waals surface area (Å²) in [5, 5.41) is 0.